The van der Waals surface area contributed by atoms with Gasteiger partial charge in [-0.25, -0.2) is 0 Å². The van der Waals surface area contributed by atoms with Crippen LogP contribution >= 0.6 is 0 Å². The zero-order valence-corrected chi connectivity index (χ0v) is 10.8. The van der Waals surface area contributed by atoms with Crippen LogP contribution in [-0.2, 0) is 22.5 Å². The van der Waals surface area contributed by atoms with E-state index < -0.39 is 0 Å². The van der Waals surface area contributed by atoms with E-state index in [0.717, 1.165) is 38.9 Å². The molecule has 0 radical (unpaired) electrons. The summed E-state index contributed by atoms with van der Waals surface area (Å²) in [6.45, 7) is 2.87. The van der Waals surface area contributed by atoms with Crippen LogP contribution in [0, 0.1) is 5.41 Å². The summed E-state index contributed by atoms with van der Waals surface area (Å²) in [6.07, 6.45) is 3.06. The molecule has 1 fully saturated rings. The molecule has 1 heterocycles. The Morgan fingerprint density at radius 1 is 1.33 bits per heavy atom. The number of benzene rings is 1. The minimum atomic E-state index is -0.193. The molecule has 0 amide bonds. The molecule has 96 valence electrons. The highest BCUT2D eigenvalue weighted by atomic mass is 16.5. The molecule has 3 nitrogen and oxygen atoms in total. The first-order chi connectivity index (χ1) is 8.73. The lowest BCUT2D eigenvalue weighted by atomic mass is 9.98. The van der Waals surface area contributed by atoms with E-state index in [1.54, 1.807) is 0 Å². The molecule has 3 rings (SSSR count). The molecule has 1 aliphatic carbocycles. The maximum absolute atomic E-state index is 11.8. The van der Waals surface area contributed by atoms with E-state index in [9.17, 15) is 4.79 Å². The Balaban J connectivity index is 1.68. The third-order valence-electron chi connectivity index (χ3n) is 4.21. The van der Waals surface area contributed by atoms with E-state index in [-0.39, 0.29) is 11.4 Å². The van der Waals surface area contributed by atoms with Gasteiger partial charge in [0.05, 0.1) is 12.5 Å². The molecule has 1 aromatic carbocycles. The Kier molecular flexibility index (Phi) is 2.86. The van der Waals surface area contributed by atoms with E-state index in [2.05, 4.69) is 29.2 Å². The topological polar surface area (TPSA) is 29.5 Å². The number of hydrogen-bond acceptors (Lipinski definition) is 3. The highest BCUT2D eigenvalue weighted by Gasteiger charge is 2.52. The van der Waals surface area contributed by atoms with Crippen LogP contribution in [0.25, 0.3) is 0 Å². The monoisotopic (exact) mass is 245 g/mol. The summed E-state index contributed by atoms with van der Waals surface area (Å²) >= 11 is 0. The highest BCUT2D eigenvalue weighted by molar-refractivity contribution is 5.80. The molecule has 0 spiro atoms. The molecule has 0 saturated heterocycles. The lowest BCUT2D eigenvalue weighted by Crippen LogP contribution is -2.38. The number of rotatable bonds is 3. The lowest BCUT2D eigenvalue weighted by molar-refractivity contribution is -0.148. The van der Waals surface area contributed by atoms with E-state index in [0.29, 0.717) is 0 Å². The first kappa shape index (κ1) is 11.7. The Morgan fingerprint density at radius 2 is 2.06 bits per heavy atom. The normalized spacial score (nSPS) is 21.2. The number of carbonyl (C=O) groups excluding carboxylic acids is 1. The third-order valence-corrected chi connectivity index (χ3v) is 4.21. The van der Waals surface area contributed by atoms with Crippen molar-refractivity contribution in [3.8, 4) is 0 Å². The number of methoxy groups -OCH3 is 1. The zero-order chi connectivity index (χ0) is 12.6. The molecule has 1 aliphatic heterocycles. The predicted octanol–water partition coefficient (Wildman–Crippen LogP) is 2.00. The van der Waals surface area contributed by atoms with E-state index in [4.69, 9.17) is 4.74 Å². The SMILES string of the molecule is COC(=O)C1(CN2CCc3ccccc3C2)CC1. The van der Waals surface area contributed by atoms with Crippen LogP contribution in [0.5, 0.6) is 0 Å². The van der Waals surface area contributed by atoms with Gasteiger partial charge in [-0.2, -0.15) is 0 Å². The van der Waals surface area contributed by atoms with Gasteiger partial charge in [-0.15, -0.1) is 0 Å². The van der Waals surface area contributed by atoms with Gasteiger partial charge in [0.2, 0.25) is 0 Å². The van der Waals surface area contributed by atoms with Crippen molar-refractivity contribution < 1.29 is 9.53 Å². The second-order valence-electron chi connectivity index (χ2n) is 5.50. The van der Waals surface area contributed by atoms with Crippen LogP contribution in [0.4, 0.5) is 0 Å². The van der Waals surface area contributed by atoms with Crippen molar-refractivity contribution in [1.29, 1.82) is 0 Å². The average molecular weight is 245 g/mol. The standard InChI is InChI=1S/C15H19NO2/c1-18-14(17)15(7-8-15)11-16-9-6-12-4-2-3-5-13(12)10-16/h2-5H,6-11H2,1H3. The van der Waals surface area contributed by atoms with Crippen LogP contribution in [0.2, 0.25) is 0 Å². The molecule has 1 aromatic rings. The van der Waals surface area contributed by atoms with Gasteiger partial charge in [-0.05, 0) is 30.4 Å². The van der Waals surface area contributed by atoms with Gasteiger partial charge in [-0.1, -0.05) is 24.3 Å². The maximum Gasteiger partial charge on any atom is 0.313 e. The Hall–Kier alpha value is -1.35. The zero-order valence-electron chi connectivity index (χ0n) is 10.8. The molecule has 0 N–H and O–H groups in total. The highest BCUT2D eigenvalue weighted by Crippen LogP contribution is 2.47. The summed E-state index contributed by atoms with van der Waals surface area (Å²) in [5, 5.41) is 0. The number of esters is 1. The van der Waals surface area contributed by atoms with Crippen molar-refractivity contribution in [3.63, 3.8) is 0 Å². The smallest absolute Gasteiger partial charge is 0.313 e. The number of carbonyl (C=O) groups is 1. The van der Waals surface area contributed by atoms with Gasteiger partial charge in [0, 0.05) is 19.6 Å². The molecule has 0 bridgehead atoms. The molecule has 2 aliphatic rings. The number of nitrogens with zero attached hydrogens (tertiary/aromatic N) is 1. The predicted molar refractivity (Wildman–Crippen MR) is 69.1 cm³/mol. The van der Waals surface area contributed by atoms with Gasteiger partial charge >= 0.3 is 5.97 Å². The summed E-state index contributed by atoms with van der Waals surface area (Å²) in [6, 6.07) is 8.60. The molecule has 3 heteroatoms. The van der Waals surface area contributed by atoms with Crippen molar-refractivity contribution in [2.45, 2.75) is 25.8 Å². The summed E-state index contributed by atoms with van der Waals surface area (Å²) in [7, 11) is 1.49. The number of fused-ring (bicyclic) bond motifs is 1. The van der Waals surface area contributed by atoms with E-state index >= 15 is 0 Å². The fraction of sp³-hybridized carbons (Fsp3) is 0.533. The van der Waals surface area contributed by atoms with Crippen LogP contribution in [-0.4, -0.2) is 31.1 Å². The van der Waals surface area contributed by atoms with Crippen LogP contribution in [0.3, 0.4) is 0 Å². The second kappa shape index (κ2) is 4.39. The van der Waals surface area contributed by atoms with Crippen molar-refractivity contribution in [2.75, 3.05) is 20.2 Å². The minimum absolute atomic E-state index is 0.0265. The third kappa shape index (κ3) is 2.03. The van der Waals surface area contributed by atoms with E-state index in [1.165, 1.54) is 18.2 Å². The largest absolute Gasteiger partial charge is 0.469 e. The van der Waals surface area contributed by atoms with Crippen LogP contribution in [0.15, 0.2) is 24.3 Å². The second-order valence-corrected chi connectivity index (χ2v) is 5.50. The lowest BCUT2D eigenvalue weighted by Gasteiger charge is -2.31. The van der Waals surface area contributed by atoms with Gasteiger partial charge in [0.15, 0.2) is 0 Å². The summed E-state index contributed by atoms with van der Waals surface area (Å²) in [5.41, 5.74) is 2.67. The molecular formula is C15H19NO2. The molecule has 0 atom stereocenters. The van der Waals surface area contributed by atoms with E-state index in [1.807, 2.05) is 0 Å². The fourth-order valence-electron chi connectivity index (χ4n) is 2.91. The first-order valence-corrected chi connectivity index (χ1v) is 6.61. The number of hydrogen-bond donors (Lipinski definition) is 0. The van der Waals surface area contributed by atoms with Crippen molar-refractivity contribution >= 4 is 5.97 Å². The van der Waals surface area contributed by atoms with Crippen molar-refractivity contribution in [3.05, 3.63) is 35.4 Å². The van der Waals surface area contributed by atoms with Gasteiger partial charge in [0.25, 0.3) is 0 Å². The fourth-order valence-corrected chi connectivity index (χ4v) is 2.91. The van der Waals surface area contributed by atoms with Crippen LogP contribution < -0.4 is 0 Å². The molecule has 0 aromatic heterocycles. The Morgan fingerprint density at radius 3 is 2.72 bits per heavy atom. The van der Waals surface area contributed by atoms with Crippen molar-refractivity contribution in [1.82, 2.24) is 4.90 Å². The molecule has 0 unspecified atom stereocenters. The maximum atomic E-state index is 11.8. The van der Waals surface area contributed by atoms with Gasteiger partial charge in [-0.3, -0.25) is 9.69 Å². The molecule has 1 saturated carbocycles. The molecule has 18 heavy (non-hydrogen) atoms. The number of ether oxygens (including phenoxy) is 1. The Labute approximate surface area is 108 Å². The quantitative estimate of drug-likeness (QED) is 0.763. The summed E-state index contributed by atoms with van der Waals surface area (Å²) in [4.78, 5) is 14.2. The Bertz CT molecular complexity index is 465. The van der Waals surface area contributed by atoms with Crippen LogP contribution in [0.1, 0.15) is 24.0 Å². The summed E-state index contributed by atoms with van der Waals surface area (Å²) in [5.74, 6) is -0.0265. The minimum Gasteiger partial charge on any atom is -0.469 e. The first-order valence-electron chi connectivity index (χ1n) is 6.61. The van der Waals surface area contributed by atoms with Gasteiger partial charge < -0.3 is 4.74 Å². The van der Waals surface area contributed by atoms with Crippen molar-refractivity contribution in [2.24, 2.45) is 5.41 Å². The average Bonchev–Trinajstić information content (AvgIpc) is 3.18. The summed E-state index contributed by atoms with van der Waals surface area (Å²) < 4.78 is 4.92. The molecular weight excluding hydrogens is 226 g/mol. The van der Waals surface area contributed by atoms with Gasteiger partial charge in [0.1, 0.15) is 0 Å².